The Hall–Kier alpha value is -2.30. The van der Waals surface area contributed by atoms with Crippen molar-refractivity contribution in [3.8, 4) is 0 Å². The summed E-state index contributed by atoms with van der Waals surface area (Å²) >= 11 is 6.18. The molecule has 1 spiro atoms. The second-order valence-corrected chi connectivity index (χ2v) is 11.2. The number of nitrogens with zero attached hydrogens (tertiary/aromatic N) is 2. The molecule has 1 aliphatic heterocycles. The molecule has 1 aliphatic carbocycles. The van der Waals surface area contributed by atoms with E-state index in [2.05, 4.69) is 65.3 Å². The largest absolute Gasteiger partial charge is 0.356 e. The van der Waals surface area contributed by atoms with Gasteiger partial charge in [0, 0.05) is 40.1 Å². The highest BCUT2D eigenvalue weighted by Gasteiger charge is 2.49. The summed E-state index contributed by atoms with van der Waals surface area (Å²) in [6, 6.07) is 17.3. The summed E-state index contributed by atoms with van der Waals surface area (Å²) in [5, 5.41) is 2.10. The van der Waals surface area contributed by atoms with Crippen LogP contribution in [0.25, 0.3) is 10.9 Å². The monoisotopic (exact) mass is 477 g/mol. The Morgan fingerprint density at radius 1 is 1.09 bits per heavy atom. The van der Waals surface area contributed by atoms with Crippen molar-refractivity contribution in [3.05, 3.63) is 70.4 Å². The second kappa shape index (κ2) is 9.05. The topological polar surface area (TPSA) is 39.3 Å². The molecule has 0 bridgehead atoms. The van der Waals surface area contributed by atoms with Crippen LogP contribution in [0.2, 0.25) is 5.02 Å². The van der Waals surface area contributed by atoms with Crippen LogP contribution in [-0.2, 0) is 16.8 Å². The van der Waals surface area contributed by atoms with Crippen molar-refractivity contribution in [2.45, 2.75) is 57.5 Å². The minimum Gasteiger partial charge on any atom is -0.356 e. The number of hydrogen-bond acceptors (Lipinski definition) is 2. The van der Waals surface area contributed by atoms with Gasteiger partial charge in [0.25, 0.3) is 0 Å². The van der Waals surface area contributed by atoms with Crippen molar-refractivity contribution in [2.24, 2.45) is 11.8 Å². The zero-order valence-corrected chi connectivity index (χ0v) is 21.5. The maximum Gasteiger partial charge on any atom is 0.225 e. The summed E-state index contributed by atoms with van der Waals surface area (Å²) in [5.41, 5.74) is 4.99. The van der Waals surface area contributed by atoms with Crippen LogP contribution in [0.5, 0.6) is 0 Å². The van der Waals surface area contributed by atoms with E-state index in [9.17, 15) is 4.79 Å². The quantitative estimate of drug-likeness (QED) is 0.462. The molecular weight excluding hydrogens is 442 g/mol. The fourth-order valence-electron chi connectivity index (χ4n) is 6.67. The predicted octanol–water partition coefficient (Wildman–Crippen LogP) is 6.55. The van der Waals surface area contributed by atoms with Crippen LogP contribution in [0.3, 0.4) is 0 Å². The third-order valence-electron chi connectivity index (χ3n) is 8.21. The lowest BCUT2D eigenvalue weighted by Crippen LogP contribution is -2.56. The number of hydrogen-bond donors (Lipinski definition) is 1. The standard InChI is InChI=1S/C29H36ClN3O/c1-19(2)28(34)33-18-15-24-23-7-5-6-8-25(23)31-27(24)29(33)16-13-21(14-17-29)26(32(3)4)20-9-11-22(30)12-10-20/h5-12,19,21,26,31H,13-18H2,1-4H3. The van der Waals surface area contributed by atoms with Crippen LogP contribution in [0.4, 0.5) is 0 Å². The van der Waals surface area contributed by atoms with Gasteiger partial charge in [0.2, 0.25) is 5.91 Å². The minimum atomic E-state index is -0.235. The van der Waals surface area contributed by atoms with E-state index in [-0.39, 0.29) is 17.4 Å². The van der Waals surface area contributed by atoms with E-state index in [1.54, 1.807) is 0 Å². The van der Waals surface area contributed by atoms with Crippen molar-refractivity contribution in [3.63, 3.8) is 0 Å². The summed E-state index contributed by atoms with van der Waals surface area (Å²) in [6.07, 6.45) is 5.08. The van der Waals surface area contributed by atoms with E-state index in [1.807, 2.05) is 26.0 Å². The average Bonchev–Trinajstić information content (AvgIpc) is 3.21. The molecule has 1 saturated carbocycles. The molecule has 34 heavy (non-hydrogen) atoms. The van der Waals surface area contributed by atoms with Gasteiger partial charge in [-0.1, -0.05) is 55.8 Å². The fraction of sp³-hybridized carbons (Fsp3) is 0.483. The van der Waals surface area contributed by atoms with Gasteiger partial charge in [-0.15, -0.1) is 0 Å². The minimum absolute atomic E-state index is 0.00381. The van der Waals surface area contributed by atoms with Crippen molar-refractivity contribution in [1.82, 2.24) is 14.8 Å². The number of para-hydroxylation sites is 1. The molecular formula is C29H36ClN3O. The summed E-state index contributed by atoms with van der Waals surface area (Å²) in [5.74, 6) is 0.821. The smallest absolute Gasteiger partial charge is 0.225 e. The van der Waals surface area contributed by atoms with Crippen LogP contribution in [-0.4, -0.2) is 41.3 Å². The molecule has 1 unspecified atom stereocenters. The maximum absolute atomic E-state index is 13.5. The summed E-state index contributed by atoms with van der Waals surface area (Å²) < 4.78 is 0. The Bertz CT molecular complexity index is 1170. The lowest BCUT2D eigenvalue weighted by Gasteiger charge is -2.52. The Labute approximate surface area is 208 Å². The van der Waals surface area contributed by atoms with E-state index in [0.29, 0.717) is 12.0 Å². The zero-order valence-electron chi connectivity index (χ0n) is 20.8. The van der Waals surface area contributed by atoms with Gasteiger partial charge < -0.3 is 14.8 Å². The van der Waals surface area contributed by atoms with E-state index < -0.39 is 0 Å². The molecule has 1 N–H and O–H groups in total. The highest BCUT2D eigenvalue weighted by molar-refractivity contribution is 6.30. The number of fused-ring (bicyclic) bond motifs is 4. The first-order valence-corrected chi connectivity index (χ1v) is 13.0. The maximum atomic E-state index is 13.5. The molecule has 2 aliphatic rings. The van der Waals surface area contributed by atoms with Gasteiger partial charge in [0.15, 0.2) is 0 Å². The molecule has 1 amide bonds. The van der Waals surface area contributed by atoms with E-state index in [4.69, 9.17) is 11.6 Å². The number of aromatic nitrogens is 1. The van der Waals surface area contributed by atoms with Crippen molar-refractivity contribution in [1.29, 1.82) is 0 Å². The highest BCUT2D eigenvalue weighted by Crippen LogP contribution is 2.51. The average molecular weight is 478 g/mol. The summed E-state index contributed by atoms with van der Waals surface area (Å²) in [4.78, 5) is 21.8. The third kappa shape index (κ3) is 3.85. The van der Waals surface area contributed by atoms with Crippen molar-refractivity contribution >= 4 is 28.4 Å². The summed E-state index contributed by atoms with van der Waals surface area (Å²) in [7, 11) is 4.35. The molecule has 1 aromatic heterocycles. The lowest BCUT2D eigenvalue weighted by atomic mass is 9.68. The number of amides is 1. The normalized spacial score (nSPS) is 23.6. The van der Waals surface area contributed by atoms with Gasteiger partial charge in [-0.2, -0.15) is 0 Å². The molecule has 0 saturated heterocycles. The Morgan fingerprint density at radius 3 is 2.41 bits per heavy atom. The predicted molar refractivity (Wildman–Crippen MR) is 140 cm³/mol. The first kappa shape index (κ1) is 23.4. The Kier molecular flexibility index (Phi) is 6.24. The van der Waals surface area contributed by atoms with Gasteiger partial charge in [-0.3, -0.25) is 4.79 Å². The molecule has 5 rings (SSSR count). The first-order chi connectivity index (χ1) is 16.3. The number of aromatic amines is 1. The summed E-state index contributed by atoms with van der Waals surface area (Å²) in [6.45, 7) is 4.88. The molecule has 1 fully saturated rings. The molecule has 2 aromatic carbocycles. The van der Waals surface area contributed by atoms with E-state index >= 15 is 0 Å². The number of rotatable bonds is 4. The molecule has 0 radical (unpaired) electrons. The van der Waals surface area contributed by atoms with Crippen LogP contribution in [0.1, 0.15) is 62.4 Å². The van der Waals surface area contributed by atoms with E-state index in [0.717, 1.165) is 43.7 Å². The molecule has 4 nitrogen and oxygen atoms in total. The molecule has 3 aromatic rings. The van der Waals surface area contributed by atoms with Crippen LogP contribution in [0.15, 0.2) is 48.5 Å². The second-order valence-electron chi connectivity index (χ2n) is 10.7. The molecule has 2 heterocycles. The fourth-order valence-corrected chi connectivity index (χ4v) is 6.79. The van der Waals surface area contributed by atoms with Gasteiger partial charge in [0.05, 0.1) is 5.54 Å². The van der Waals surface area contributed by atoms with Gasteiger partial charge >= 0.3 is 0 Å². The third-order valence-corrected chi connectivity index (χ3v) is 8.46. The lowest BCUT2D eigenvalue weighted by molar-refractivity contribution is -0.145. The Balaban J connectivity index is 1.51. The Morgan fingerprint density at radius 2 is 1.76 bits per heavy atom. The number of halogens is 1. The van der Waals surface area contributed by atoms with Crippen LogP contribution in [0, 0.1) is 11.8 Å². The number of nitrogens with one attached hydrogen (secondary N) is 1. The van der Waals surface area contributed by atoms with Crippen molar-refractivity contribution in [2.75, 3.05) is 20.6 Å². The number of benzene rings is 2. The van der Waals surface area contributed by atoms with Gasteiger partial charge in [-0.05, 0) is 81.4 Å². The van der Waals surface area contributed by atoms with Crippen LogP contribution < -0.4 is 0 Å². The molecule has 180 valence electrons. The van der Waals surface area contributed by atoms with Gasteiger partial charge in [0.1, 0.15) is 0 Å². The zero-order chi connectivity index (χ0) is 24.0. The first-order valence-electron chi connectivity index (χ1n) is 12.7. The highest BCUT2D eigenvalue weighted by atomic mass is 35.5. The van der Waals surface area contributed by atoms with Crippen molar-refractivity contribution < 1.29 is 4.79 Å². The molecule has 5 heteroatoms. The number of H-pyrrole nitrogens is 1. The van der Waals surface area contributed by atoms with Gasteiger partial charge in [-0.25, -0.2) is 0 Å². The number of carbonyl (C=O) groups excluding carboxylic acids is 1. The van der Waals surface area contributed by atoms with Crippen LogP contribution >= 0.6 is 11.6 Å². The number of carbonyl (C=O) groups is 1. The SMILES string of the molecule is CC(C)C(=O)N1CCc2c([nH]c3ccccc23)C12CCC(C(c1ccc(Cl)cc1)N(C)C)CC2. The molecule has 1 atom stereocenters. The van der Waals surface area contributed by atoms with E-state index in [1.165, 1.54) is 27.7 Å².